The molecule has 2 aromatic carbocycles. The largest absolute Gasteiger partial charge is 0.481 e. The minimum Gasteiger partial charge on any atom is -0.481 e. The SMILES string of the molecule is O=C(O)CC(NS(=O)(=O)c1cccc([N+](=O)[O-])c1)c1ccc(Cl)cc1Cl. The average molecular weight is 419 g/mol. The number of hydrogen-bond acceptors (Lipinski definition) is 5. The summed E-state index contributed by atoms with van der Waals surface area (Å²) in [5.41, 5.74) is -0.195. The van der Waals surface area contributed by atoms with Crippen LogP contribution in [-0.4, -0.2) is 24.4 Å². The minimum atomic E-state index is -4.25. The number of aliphatic carboxylic acids is 1. The quantitative estimate of drug-likeness (QED) is 0.523. The highest BCUT2D eigenvalue weighted by molar-refractivity contribution is 7.89. The number of nitrogens with zero attached hydrogens (tertiary/aromatic N) is 1. The van der Waals surface area contributed by atoms with Crippen molar-refractivity contribution in [2.24, 2.45) is 0 Å². The normalized spacial score (nSPS) is 12.5. The van der Waals surface area contributed by atoms with E-state index in [1.54, 1.807) is 0 Å². The number of rotatable bonds is 7. The van der Waals surface area contributed by atoms with Crippen LogP contribution in [0.2, 0.25) is 10.0 Å². The highest BCUT2D eigenvalue weighted by Crippen LogP contribution is 2.30. The van der Waals surface area contributed by atoms with Gasteiger partial charge in [0.15, 0.2) is 0 Å². The maximum absolute atomic E-state index is 12.6. The molecule has 2 aromatic rings. The number of carboxylic acid groups (broad SMARTS) is 1. The van der Waals surface area contributed by atoms with Gasteiger partial charge in [0.2, 0.25) is 10.0 Å². The predicted octanol–water partition coefficient (Wildman–Crippen LogP) is 3.40. The van der Waals surface area contributed by atoms with E-state index in [1.165, 1.54) is 24.3 Å². The summed E-state index contributed by atoms with van der Waals surface area (Å²) >= 11 is 11.8. The van der Waals surface area contributed by atoms with E-state index in [1.807, 2.05) is 0 Å². The fourth-order valence-corrected chi connectivity index (χ4v) is 3.99. The third kappa shape index (κ3) is 4.92. The molecule has 0 aliphatic rings. The monoisotopic (exact) mass is 418 g/mol. The van der Waals surface area contributed by atoms with Gasteiger partial charge >= 0.3 is 5.97 Å². The van der Waals surface area contributed by atoms with Crippen LogP contribution in [0, 0.1) is 10.1 Å². The lowest BCUT2D eigenvalue weighted by Crippen LogP contribution is -2.30. The topological polar surface area (TPSA) is 127 Å². The number of benzene rings is 2. The van der Waals surface area contributed by atoms with Gasteiger partial charge < -0.3 is 5.11 Å². The van der Waals surface area contributed by atoms with Gasteiger partial charge in [-0.15, -0.1) is 0 Å². The van der Waals surface area contributed by atoms with Crippen molar-refractivity contribution < 1.29 is 23.2 Å². The van der Waals surface area contributed by atoms with Crippen LogP contribution in [0.4, 0.5) is 5.69 Å². The van der Waals surface area contributed by atoms with Gasteiger partial charge in [0.1, 0.15) is 0 Å². The maximum atomic E-state index is 12.6. The van der Waals surface area contributed by atoms with E-state index in [0.717, 1.165) is 18.2 Å². The van der Waals surface area contributed by atoms with Gasteiger partial charge in [0.25, 0.3) is 5.69 Å². The van der Waals surface area contributed by atoms with Gasteiger partial charge in [0, 0.05) is 22.2 Å². The Balaban J connectivity index is 2.42. The Hall–Kier alpha value is -2.20. The summed E-state index contributed by atoms with van der Waals surface area (Å²) in [5, 5.41) is 20.3. The number of nitro groups is 1. The van der Waals surface area contributed by atoms with Crippen LogP contribution in [0.1, 0.15) is 18.0 Å². The van der Waals surface area contributed by atoms with E-state index in [9.17, 15) is 23.3 Å². The van der Waals surface area contributed by atoms with Gasteiger partial charge in [-0.25, -0.2) is 13.1 Å². The molecule has 11 heteroatoms. The zero-order valence-electron chi connectivity index (χ0n) is 12.9. The number of carboxylic acids is 1. The molecule has 0 radical (unpaired) electrons. The standard InChI is InChI=1S/C15H12Cl2N2O6S/c16-9-4-5-12(13(17)6-9)14(8-15(20)21)18-26(24,25)11-3-1-2-10(7-11)19(22)23/h1-7,14,18H,8H2,(H,20,21). The molecule has 0 saturated heterocycles. The van der Waals surface area contributed by atoms with Gasteiger partial charge in [0.05, 0.1) is 22.3 Å². The molecule has 1 unspecified atom stereocenters. The average Bonchev–Trinajstić information content (AvgIpc) is 2.53. The molecule has 0 amide bonds. The van der Waals surface area contributed by atoms with E-state index in [4.69, 9.17) is 28.3 Å². The molecule has 0 aromatic heterocycles. The van der Waals surface area contributed by atoms with Gasteiger partial charge in [-0.05, 0) is 23.8 Å². The maximum Gasteiger partial charge on any atom is 0.305 e. The molecule has 0 saturated carbocycles. The van der Waals surface area contributed by atoms with Crippen molar-refractivity contribution in [2.75, 3.05) is 0 Å². The molecule has 0 bridgehead atoms. The van der Waals surface area contributed by atoms with Crippen molar-refractivity contribution in [3.05, 3.63) is 68.2 Å². The molecular weight excluding hydrogens is 407 g/mol. The van der Waals surface area contributed by atoms with Crippen LogP contribution in [0.25, 0.3) is 0 Å². The molecule has 2 N–H and O–H groups in total. The second-order valence-electron chi connectivity index (χ2n) is 5.19. The zero-order valence-corrected chi connectivity index (χ0v) is 15.3. The number of nitro benzene ring substituents is 1. The first-order chi connectivity index (χ1) is 12.1. The highest BCUT2D eigenvalue weighted by atomic mass is 35.5. The van der Waals surface area contributed by atoms with E-state index >= 15 is 0 Å². The van der Waals surface area contributed by atoms with Crippen molar-refractivity contribution in [3.63, 3.8) is 0 Å². The number of non-ortho nitro benzene ring substituents is 1. The zero-order chi connectivity index (χ0) is 19.5. The molecular formula is C15H12Cl2N2O6S. The first-order valence-electron chi connectivity index (χ1n) is 7.03. The lowest BCUT2D eigenvalue weighted by Gasteiger charge is -2.19. The van der Waals surface area contributed by atoms with Crippen molar-refractivity contribution in [1.82, 2.24) is 4.72 Å². The lowest BCUT2D eigenvalue weighted by molar-refractivity contribution is -0.385. The Morgan fingerprint density at radius 2 is 1.92 bits per heavy atom. The molecule has 0 spiro atoms. The Bertz CT molecular complexity index is 964. The molecule has 0 heterocycles. The molecule has 2 rings (SSSR count). The van der Waals surface area contributed by atoms with Crippen LogP contribution < -0.4 is 4.72 Å². The summed E-state index contributed by atoms with van der Waals surface area (Å²) in [7, 11) is -4.25. The fraction of sp³-hybridized carbons (Fsp3) is 0.133. The fourth-order valence-electron chi connectivity index (χ4n) is 2.19. The first-order valence-corrected chi connectivity index (χ1v) is 9.27. The van der Waals surface area contributed by atoms with Crippen LogP contribution >= 0.6 is 23.2 Å². The Labute approximate surface area is 158 Å². The summed E-state index contributed by atoms with van der Waals surface area (Å²) in [6, 6.07) is 7.42. The van der Waals surface area contributed by atoms with Crippen LogP contribution in [-0.2, 0) is 14.8 Å². The molecule has 138 valence electrons. The summed E-state index contributed by atoms with van der Waals surface area (Å²) < 4.78 is 27.3. The predicted molar refractivity (Wildman–Crippen MR) is 94.9 cm³/mol. The smallest absolute Gasteiger partial charge is 0.305 e. The Morgan fingerprint density at radius 3 is 2.50 bits per heavy atom. The molecule has 1 atom stereocenters. The van der Waals surface area contributed by atoms with E-state index in [-0.39, 0.29) is 15.5 Å². The number of carbonyl (C=O) groups is 1. The van der Waals surface area contributed by atoms with Crippen molar-refractivity contribution in [2.45, 2.75) is 17.4 Å². The summed E-state index contributed by atoms with van der Waals surface area (Å²) in [4.78, 5) is 20.9. The van der Waals surface area contributed by atoms with Crippen molar-refractivity contribution in [1.29, 1.82) is 0 Å². The lowest BCUT2D eigenvalue weighted by atomic mass is 10.1. The Morgan fingerprint density at radius 1 is 1.23 bits per heavy atom. The van der Waals surface area contributed by atoms with Gasteiger partial charge in [-0.3, -0.25) is 14.9 Å². The third-order valence-electron chi connectivity index (χ3n) is 3.35. The van der Waals surface area contributed by atoms with Crippen LogP contribution in [0.5, 0.6) is 0 Å². The van der Waals surface area contributed by atoms with Gasteiger partial charge in [-0.1, -0.05) is 35.3 Å². The van der Waals surface area contributed by atoms with Crippen LogP contribution in [0.3, 0.4) is 0 Å². The first kappa shape index (κ1) is 20.1. The Kier molecular flexibility index (Phi) is 6.19. The van der Waals surface area contributed by atoms with E-state index in [2.05, 4.69) is 4.72 Å². The third-order valence-corrected chi connectivity index (χ3v) is 5.38. The van der Waals surface area contributed by atoms with E-state index in [0.29, 0.717) is 5.02 Å². The number of halogens is 2. The van der Waals surface area contributed by atoms with Crippen molar-refractivity contribution in [3.8, 4) is 0 Å². The molecule has 8 nitrogen and oxygen atoms in total. The van der Waals surface area contributed by atoms with Crippen molar-refractivity contribution >= 4 is 44.9 Å². The second kappa shape index (κ2) is 8.00. The van der Waals surface area contributed by atoms with Gasteiger partial charge in [-0.2, -0.15) is 0 Å². The second-order valence-corrected chi connectivity index (χ2v) is 7.75. The van der Waals surface area contributed by atoms with Crippen LogP contribution in [0.15, 0.2) is 47.4 Å². The highest BCUT2D eigenvalue weighted by Gasteiger charge is 2.26. The summed E-state index contributed by atoms with van der Waals surface area (Å²) in [5.74, 6) is -1.26. The molecule has 0 aliphatic carbocycles. The summed E-state index contributed by atoms with van der Waals surface area (Å²) in [6.45, 7) is 0. The molecule has 0 fully saturated rings. The summed E-state index contributed by atoms with van der Waals surface area (Å²) in [6.07, 6.45) is -0.588. The molecule has 26 heavy (non-hydrogen) atoms. The minimum absolute atomic E-state index is 0.0884. The number of sulfonamides is 1. The number of nitrogens with one attached hydrogen (secondary N) is 1. The van der Waals surface area contributed by atoms with E-state index < -0.39 is 39.1 Å². The molecule has 0 aliphatic heterocycles. The number of hydrogen-bond donors (Lipinski definition) is 2.